The van der Waals surface area contributed by atoms with Crippen LogP contribution in [0.1, 0.15) is 24.5 Å². The minimum absolute atomic E-state index is 0.248. The highest BCUT2D eigenvalue weighted by atomic mass is 19.1. The summed E-state index contributed by atoms with van der Waals surface area (Å²) in [6.07, 6.45) is 1.71. The van der Waals surface area contributed by atoms with Crippen molar-refractivity contribution in [2.75, 3.05) is 0 Å². The molecule has 0 unspecified atom stereocenters. The van der Waals surface area contributed by atoms with Gasteiger partial charge in [-0.1, -0.05) is 67.9 Å². The average Bonchev–Trinajstić information content (AvgIpc) is 2.63. The van der Waals surface area contributed by atoms with Crippen LogP contribution in [0, 0.1) is 17.1 Å². The monoisotopic (exact) mass is 315 g/mol. The van der Waals surface area contributed by atoms with Gasteiger partial charge in [0.2, 0.25) is 0 Å². The van der Waals surface area contributed by atoms with E-state index in [2.05, 4.69) is 13.0 Å². The molecular weight excluding hydrogens is 297 g/mol. The van der Waals surface area contributed by atoms with Gasteiger partial charge in [0.05, 0.1) is 11.6 Å². The Morgan fingerprint density at radius 3 is 2.25 bits per heavy atom. The summed E-state index contributed by atoms with van der Waals surface area (Å²) in [6.45, 7) is 2.09. The van der Waals surface area contributed by atoms with Gasteiger partial charge in [-0.25, -0.2) is 4.39 Å². The Labute approximate surface area is 142 Å². The third-order valence-electron chi connectivity index (χ3n) is 4.16. The number of nitriles is 1. The summed E-state index contributed by atoms with van der Waals surface area (Å²) in [4.78, 5) is 0. The van der Waals surface area contributed by atoms with Crippen LogP contribution in [0.25, 0.3) is 22.3 Å². The Bertz CT molecular complexity index is 892. The van der Waals surface area contributed by atoms with Gasteiger partial charge in [-0.15, -0.1) is 0 Å². The second-order valence-corrected chi connectivity index (χ2v) is 5.72. The normalized spacial score (nSPS) is 10.4. The van der Waals surface area contributed by atoms with Gasteiger partial charge < -0.3 is 0 Å². The lowest BCUT2D eigenvalue weighted by Crippen LogP contribution is -1.98. The minimum Gasteiger partial charge on any atom is -0.206 e. The van der Waals surface area contributed by atoms with Crippen molar-refractivity contribution in [2.45, 2.75) is 19.8 Å². The van der Waals surface area contributed by atoms with Gasteiger partial charge in [0.1, 0.15) is 5.82 Å². The molecule has 0 bridgehead atoms. The zero-order valence-corrected chi connectivity index (χ0v) is 13.6. The largest absolute Gasteiger partial charge is 0.206 e. The van der Waals surface area contributed by atoms with E-state index in [4.69, 9.17) is 0 Å². The molecule has 3 aromatic carbocycles. The predicted octanol–water partition coefficient (Wildman–Crippen LogP) is 5.98. The molecule has 0 atom stereocenters. The molecule has 0 aliphatic rings. The molecule has 3 aromatic rings. The molecule has 2 heteroatoms. The maximum atomic E-state index is 14.4. The van der Waals surface area contributed by atoms with Gasteiger partial charge in [0.15, 0.2) is 0 Å². The molecule has 0 saturated carbocycles. The molecule has 0 aromatic heterocycles. The summed E-state index contributed by atoms with van der Waals surface area (Å²) in [7, 11) is 0. The summed E-state index contributed by atoms with van der Waals surface area (Å²) in [6, 6.07) is 22.7. The first-order valence-electron chi connectivity index (χ1n) is 8.12. The average molecular weight is 315 g/mol. The summed E-state index contributed by atoms with van der Waals surface area (Å²) < 4.78 is 14.4. The number of nitrogens with zero attached hydrogens (tertiary/aromatic N) is 1. The van der Waals surface area contributed by atoms with Crippen LogP contribution in [0.3, 0.4) is 0 Å². The SMILES string of the molecule is CCCc1c(C#N)ccc(-c2ccccc2F)c1-c1ccccc1. The highest BCUT2D eigenvalue weighted by Gasteiger charge is 2.17. The van der Waals surface area contributed by atoms with Crippen LogP contribution in [0.4, 0.5) is 4.39 Å². The van der Waals surface area contributed by atoms with Gasteiger partial charge in [-0.3, -0.25) is 0 Å². The van der Waals surface area contributed by atoms with Crippen LogP contribution in [-0.2, 0) is 6.42 Å². The van der Waals surface area contributed by atoms with E-state index >= 15 is 0 Å². The molecule has 0 heterocycles. The fraction of sp³-hybridized carbons (Fsp3) is 0.136. The van der Waals surface area contributed by atoms with Crippen LogP contribution < -0.4 is 0 Å². The molecule has 24 heavy (non-hydrogen) atoms. The number of hydrogen-bond donors (Lipinski definition) is 0. The number of halogens is 1. The zero-order chi connectivity index (χ0) is 16.9. The molecular formula is C22H18FN. The van der Waals surface area contributed by atoms with Gasteiger partial charge in [0, 0.05) is 5.56 Å². The Balaban J connectivity index is 2.37. The Morgan fingerprint density at radius 1 is 0.875 bits per heavy atom. The molecule has 0 aliphatic heterocycles. The lowest BCUT2D eigenvalue weighted by Gasteiger charge is -2.17. The van der Waals surface area contributed by atoms with Gasteiger partial charge >= 0.3 is 0 Å². The molecule has 0 fully saturated rings. The highest BCUT2D eigenvalue weighted by Crippen LogP contribution is 2.38. The third kappa shape index (κ3) is 2.94. The van der Waals surface area contributed by atoms with Gasteiger partial charge in [-0.2, -0.15) is 5.26 Å². The zero-order valence-electron chi connectivity index (χ0n) is 13.6. The van der Waals surface area contributed by atoms with E-state index in [0.717, 1.165) is 35.1 Å². The van der Waals surface area contributed by atoms with Crippen LogP contribution in [0.15, 0.2) is 66.7 Å². The van der Waals surface area contributed by atoms with Crippen molar-refractivity contribution in [1.82, 2.24) is 0 Å². The molecule has 0 radical (unpaired) electrons. The van der Waals surface area contributed by atoms with Crippen molar-refractivity contribution < 1.29 is 4.39 Å². The summed E-state index contributed by atoms with van der Waals surface area (Å²) >= 11 is 0. The number of benzene rings is 3. The smallest absolute Gasteiger partial charge is 0.131 e. The van der Waals surface area contributed by atoms with Crippen molar-refractivity contribution in [3.05, 3.63) is 83.7 Å². The van der Waals surface area contributed by atoms with Crippen LogP contribution >= 0.6 is 0 Å². The minimum atomic E-state index is -0.248. The van der Waals surface area contributed by atoms with Crippen molar-refractivity contribution in [3.8, 4) is 28.3 Å². The highest BCUT2D eigenvalue weighted by molar-refractivity contribution is 5.87. The molecule has 0 saturated heterocycles. The first-order valence-corrected chi connectivity index (χ1v) is 8.12. The fourth-order valence-corrected chi connectivity index (χ4v) is 3.10. The Kier molecular flexibility index (Phi) is 4.72. The second-order valence-electron chi connectivity index (χ2n) is 5.72. The van der Waals surface area contributed by atoms with Crippen LogP contribution in [-0.4, -0.2) is 0 Å². The van der Waals surface area contributed by atoms with Gasteiger partial charge in [0.25, 0.3) is 0 Å². The molecule has 118 valence electrons. The third-order valence-corrected chi connectivity index (χ3v) is 4.16. The van der Waals surface area contributed by atoms with Crippen LogP contribution in [0.5, 0.6) is 0 Å². The first kappa shape index (κ1) is 16.0. The number of rotatable bonds is 4. The van der Waals surface area contributed by atoms with E-state index in [9.17, 15) is 9.65 Å². The lowest BCUT2D eigenvalue weighted by atomic mass is 9.86. The van der Waals surface area contributed by atoms with Crippen molar-refractivity contribution in [2.24, 2.45) is 0 Å². The lowest BCUT2D eigenvalue weighted by molar-refractivity contribution is 0.631. The van der Waals surface area contributed by atoms with Crippen LogP contribution in [0.2, 0.25) is 0 Å². The van der Waals surface area contributed by atoms with E-state index < -0.39 is 0 Å². The Hall–Kier alpha value is -2.92. The van der Waals surface area contributed by atoms with Crippen molar-refractivity contribution in [3.63, 3.8) is 0 Å². The number of hydrogen-bond acceptors (Lipinski definition) is 1. The van der Waals surface area contributed by atoms with E-state index in [1.165, 1.54) is 6.07 Å². The van der Waals surface area contributed by atoms with E-state index in [0.29, 0.717) is 11.1 Å². The standard InChI is InChI=1S/C22H18FN/c1-2-8-18-17(15-24)13-14-20(19-11-6-7-12-21(19)23)22(18)16-9-4-3-5-10-16/h3-7,9-14H,2,8H2,1H3. The van der Waals surface area contributed by atoms with Gasteiger partial charge in [-0.05, 0) is 40.8 Å². The quantitative estimate of drug-likeness (QED) is 0.580. The fourth-order valence-electron chi connectivity index (χ4n) is 3.10. The predicted molar refractivity (Wildman–Crippen MR) is 96.0 cm³/mol. The molecule has 0 amide bonds. The molecule has 0 spiro atoms. The molecule has 0 aliphatic carbocycles. The van der Waals surface area contributed by atoms with Crippen molar-refractivity contribution >= 4 is 0 Å². The summed E-state index contributed by atoms with van der Waals surface area (Å²) in [5.74, 6) is -0.248. The summed E-state index contributed by atoms with van der Waals surface area (Å²) in [5.41, 5.74) is 5.03. The first-order chi connectivity index (χ1) is 11.8. The molecule has 3 rings (SSSR count). The summed E-state index contributed by atoms with van der Waals surface area (Å²) in [5, 5.41) is 9.51. The molecule has 1 nitrogen and oxygen atoms in total. The van der Waals surface area contributed by atoms with E-state index in [1.807, 2.05) is 42.5 Å². The maximum absolute atomic E-state index is 14.4. The van der Waals surface area contributed by atoms with Crippen molar-refractivity contribution in [1.29, 1.82) is 5.26 Å². The second kappa shape index (κ2) is 7.10. The molecule has 0 N–H and O–H groups in total. The van der Waals surface area contributed by atoms with E-state index in [1.54, 1.807) is 18.2 Å². The van der Waals surface area contributed by atoms with E-state index in [-0.39, 0.29) is 5.82 Å². The topological polar surface area (TPSA) is 23.8 Å². The maximum Gasteiger partial charge on any atom is 0.131 e. The Morgan fingerprint density at radius 2 is 1.58 bits per heavy atom.